The molecule has 1 aliphatic heterocycles. The number of piperidine rings is 1. The minimum absolute atomic E-state index is 0.0946. The molecule has 210 valence electrons. The molecule has 0 radical (unpaired) electrons. The second-order valence-electron chi connectivity index (χ2n) is 11.1. The molecule has 1 saturated heterocycles. The number of amides is 2. The van der Waals surface area contributed by atoms with E-state index in [9.17, 15) is 19.5 Å². The summed E-state index contributed by atoms with van der Waals surface area (Å²) in [5.74, 6) is -0.586. The number of aromatic nitrogens is 6. The molecule has 2 aliphatic rings. The summed E-state index contributed by atoms with van der Waals surface area (Å²) in [6, 6.07) is 4.95. The van der Waals surface area contributed by atoms with Gasteiger partial charge in [0.05, 0.1) is 17.4 Å². The van der Waals surface area contributed by atoms with Gasteiger partial charge in [-0.25, -0.2) is 15.0 Å². The van der Waals surface area contributed by atoms with Crippen LogP contribution in [0.3, 0.4) is 0 Å². The highest BCUT2D eigenvalue weighted by atomic mass is 79.9. The average Bonchev–Trinajstić information content (AvgIpc) is 3.30. The monoisotopic (exact) mass is 618 g/mol. The number of hydrogen-bond acceptors (Lipinski definition) is 9. The molecule has 41 heavy (non-hydrogen) atoms. The third-order valence-corrected chi connectivity index (χ3v) is 8.37. The number of fused-ring (bicyclic) bond motifs is 2. The van der Waals surface area contributed by atoms with Crippen LogP contribution in [0.2, 0.25) is 0 Å². The van der Waals surface area contributed by atoms with Crippen molar-refractivity contribution >= 4 is 50.2 Å². The third-order valence-electron chi connectivity index (χ3n) is 7.92. The van der Waals surface area contributed by atoms with E-state index in [2.05, 4.69) is 46.3 Å². The van der Waals surface area contributed by atoms with Crippen LogP contribution in [-0.4, -0.2) is 69.1 Å². The van der Waals surface area contributed by atoms with Gasteiger partial charge in [0.1, 0.15) is 28.5 Å². The molecule has 4 aromatic rings. The van der Waals surface area contributed by atoms with Crippen LogP contribution in [0.25, 0.3) is 22.2 Å². The predicted molar refractivity (Wildman–Crippen MR) is 152 cm³/mol. The zero-order chi connectivity index (χ0) is 29.3. The summed E-state index contributed by atoms with van der Waals surface area (Å²) in [6.45, 7) is 6.62. The van der Waals surface area contributed by atoms with Gasteiger partial charge >= 0.3 is 0 Å². The lowest BCUT2D eigenvalue weighted by molar-refractivity contribution is -0.168. The number of likely N-dealkylation sites (tertiary alicyclic amines) is 1. The smallest absolute Gasteiger partial charge is 0.278 e. The Morgan fingerprint density at radius 2 is 1.88 bits per heavy atom. The van der Waals surface area contributed by atoms with Gasteiger partial charge in [0.2, 0.25) is 11.6 Å². The van der Waals surface area contributed by atoms with Gasteiger partial charge < -0.3 is 15.3 Å². The fourth-order valence-electron chi connectivity index (χ4n) is 5.63. The fraction of sp³-hybridized carbons (Fsp3) is 0.357. The highest BCUT2D eigenvalue weighted by molar-refractivity contribution is 9.10. The van der Waals surface area contributed by atoms with E-state index in [0.717, 1.165) is 0 Å². The van der Waals surface area contributed by atoms with Crippen molar-refractivity contribution in [2.75, 3.05) is 5.32 Å². The number of anilines is 1. The number of hydrogen-bond donors (Lipinski definition) is 2. The van der Waals surface area contributed by atoms with Crippen LogP contribution in [0.15, 0.2) is 41.4 Å². The number of ketones is 1. The zero-order valence-corrected chi connectivity index (χ0v) is 24.4. The van der Waals surface area contributed by atoms with Crippen LogP contribution < -0.4 is 5.32 Å². The van der Waals surface area contributed by atoms with Crippen molar-refractivity contribution in [3.8, 4) is 11.3 Å². The second-order valence-corrected chi connectivity index (χ2v) is 11.9. The van der Waals surface area contributed by atoms with Gasteiger partial charge in [0.15, 0.2) is 5.78 Å². The molecule has 2 amide bonds. The molecule has 0 unspecified atom stereocenters. The Balaban J connectivity index is 1.32. The van der Waals surface area contributed by atoms with Gasteiger partial charge in [-0.1, -0.05) is 13.0 Å². The van der Waals surface area contributed by atoms with Gasteiger partial charge in [-0.2, -0.15) is 5.10 Å². The zero-order valence-electron chi connectivity index (χ0n) is 22.8. The summed E-state index contributed by atoms with van der Waals surface area (Å²) in [6.07, 6.45) is 5.61. The first-order chi connectivity index (χ1) is 19.4. The van der Waals surface area contributed by atoms with Crippen molar-refractivity contribution in [2.24, 2.45) is 5.41 Å². The molecule has 12 nitrogen and oxygen atoms in total. The van der Waals surface area contributed by atoms with Crippen molar-refractivity contribution in [3.05, 3.63) is 58.5 Å². The lowest BCUT2D eigenvalue weighted by Crippen LogP contribution is -2.58. The maximum absolute atomic E-state index is 13.8. The van der Waals surface area contributed by atoms with Crippen LogP contribution in [0.1, 0.15) is 48.6 Å². The molecule has 13 heteroatoms. The molecular weight excluding hydrogens is 592 g/mol. The number of carbonyl (C=O) groups is 3. The first kappa shape index (κ1) is 27.1. The van der Waals surface area contributed by atoms with E-state index in [4.69, 9.17) is 0 Å². The summed E-state index contributed by atoms with van der Waals surface area (Å²) in [5, 5.41) is 19.4. The van der Waals surface area contributed by atoms with Gasteiger partial charge in [-0.3, -0.25) is 24.0 Å². The van der Waals surface area contributed by atoms with E-state index >= 15 is 0 Å². The van der Waals surface area contributed by atoms with Crippen LogP contribution >= 0.6 is 15.9 Å². The van der Waals surface area contributed by atoms with Gasteiger partial charge in [-0.15, -0.1) is 0 Å². The number of aryl methyl sites for hydroxylation is 2. The van der Waals surface area contributed by atoms with E-state index in [1.165, 1.54) is 16.5 Å². The minimum atomic E-state index is -2.07. The average molecular weight is 619 g/mol. The van der Waals surface area contributed by atoms with Crippen molar-refractivity contribution in [1.82, 2.24) is 34.6 Å². The number of aliphatic hydroxyl groups is 1. The number of nitrogens with zero attached hydrogens (tertiary/aromatic N) is 7. The molecule has 0 aromatic carbocycles. The molecule has 2 N–H and O–H groups in total. The molecule has 2 fully saturated rings. The quantitative estimate of drug-likeness (QED) is 0.244. The van der Waals surface area contributed by atoms with Crippen LogP contribution in [0.4, 0.5) is 5.82 Å². The summed E-state index contributed by atoms with van der Waals surface area (Å²) >= 11 is 3.30. The number of rotatable bonds is 6. The largest absolute Gasteiger partial charge is 0.363 e. The van der Waals surface area contributed by atoms with Crippen molar-refractivity contribution in [3.63, 3.8) is 0 Å². The van der Waals surface area contributed by atoms with Crippen molar-refractivity contribution in [1.29, 1.82) is 0 Å². The lowest BCUT2D eigenvalue weighted by Gasteiger charge is -2.35. The number of halogens is 1. The highest BCUT2D eigenvalue weighted by Crippen LogP contribution is 2.62. The van der Waals surface area contributed by atoms with E-state index < -0.39 is 17.5 Å². The fourth-order valence-corrected chi connectivity index (χ4v) is 5.94. The first-order valence-electron chi connectivity index (χ1n) is 13.1. The van der Waals surface area contributed by atoms with Crippen molar-refractivity contribution < 1.29 is 19.5 Å². The Morgan fingerprint density at radius 1 is 1.15 bits per heavy atom. The maximum atomic E-state index is 13.8. The van der Waals surface area contributed by atoms with E-state index in [1.54, 1.807) is 50.6 Å². The van der Waals surface area contributed by atoms with Crippen LogP contribution in [0.5, 0.6) is 0 Å². The number of pyridine rings is 2. The molecule has 0 bridgehead atoms. The molecule has 5 heterocycles. The molecule has 6 rings (SSSR count). The van der Waals surface area contributed by atoms with E-state index in [0.29, 0.717) is 50.4 Å². The predicted octanol–water partition coefficient (Wildman–Crippen LogP) is 3.20. The summed E-state index contributed by atoms with van der Waals surface area (Å²) in [4.78, 5) is 58.3. The molecule has 1 saturated carbocycles. The minimum Gasteiger partial charge on any atom is -0.363 e. The second kappa shape index (κ2) is 9.48. The third kappa shape index (κ3) is 4.58. The molecular formula is C28H27BrN8O4. The van der Waals surface area contributed by atoms with Crippen LogP contribution in [0, 0.1) is 19.3 Å². The molecule has 1 aliphatic carbocycles. The normalized spacial score (nSPS) is 23.0. The summed E-state index contributed by atoms with van der Waals surface area (Å²) in [5.41, 5.74) is 0.139. The lowest BCUT2D eigenvalue weighted by atomic mass is 9.98. The Kier molecular flexibility index (Phi) is 6.27. The Labute approximate surface area is 243 Å². The van der Waals surface area contributed by atoms with Gasteiger partial charge in [0.25, 0.3) is 5.91 Å². The number of nitrogens with one attached hydrogen (secondary N) is 1. The first-order valence-corrected chi connectivity index (χ1v) is 13.8. The molecule has 0 spiro atoms. The molecule has 3 atom stereocenters. The highest BCUT2D eigenvalue weighted by Gasteiger charge is 2.71. The topological polar surface area (TPSA) is 156 Å². The maximum Gasteiger partial charge on any atom is 0.278 e. The molecule has 4 aromatic heterocycles. The van der Waals surface area contributed by atoms with Crippen molar-refractivity contribution in [2.45, 2.75) is 58.8 Å². The number of carbonyl (C=O) groups excluding carboxylic acids is 3. The van der Waals surface area contributed by atoms with Crippen LogP contribution in [-0.2, 0) is 16.1 Å². The Hall–Kier alpha value is -4.10. The van der Waals surface area contributed by atoms with Gasteiger partial charge in [-0.05, 0) is 59.3 Å². The number of Topliss-reactive ketones (excluding diaryl/α,β-unsaturated/α-hetero) is 1. The summed E-state index contributed by atoms with van der Waals surface area (Å²) in [7, 11) is 0. The van der Waals surface area contributed by atoms with E-state index in [1.807, 2.05) is 6.92 Å². The van der Waals surface area contributed by atoms with Gasteiger partial charge in [0, 0.05) is 42.7 Å². The Morgan fingerprint density at radius 3 is 2.59 bits per heavy atom. The standard InChI is InChI=1S/C28H27BrN8O4/c1-14-5-6-22(29)33-25(14)34-26(40)28(41)13-27(4)8-21(27)37(28)23(39)12-36-20-11-32-19(17-9-30-16(3)31-10-17)7-18(20)24(35-36)15(2)38/h5-7,9-11,21,41H,8,12-13H2,1-4H3,(H,33,34,40)/t21-,27-,28-/m1/s1. The Bertz CT molecular complexity index is 1760. The summed E-state index contributed by atoms with van der Waals surface area (Å²) < 4.78 is 1.92. The SMILES string of the molecule is CC(=O)c1nn(CC(=O)N2[C@@H]3C[C@]3(C)C[C@@]2(O)C(=O)Nc2nc(Br)ccc2C)c2cnc(-c3cnc(C)nc3)cc12. The van der Waals surface area contributed by atoms with E-state index in [-0.39, 0.29) is 35.9 Å².